The van der Waals surface area contributed by atoms with Gasteiger partial charge in [-0.15, -0.1) is 0 Å². The first kappa shape index (κ1) is 20.3. The molecule has 1 aromatic rings. The van der Waals surface area contributed by atoms with Crippen LogP contribution in [0.4, 0.5) is 0 Å². The lowest BCUT2D eigenvalue weighted by molar-refractivity contribution is -0.141. The number of nitrogens with zero attached hydrogens (tertiary/aromatic N) is 1. The van der Waals surface area contributed by atoms with Crippen molar-refractivity contribution in [3.63, 3.8) is 0 Å². The van der Waals surface area contributed by atoms with Crippen molar-refractivity contribution in [2.45, 2.75) is 43.7 Å². The molecule has 1 heterocycles. The molecule has 1 fully saturated rings. The van der Waals surface area contributed by atoms with Crippen LogP contribution in [0.15, 0.2) is 29.2 Å². The monoisotopic (exact) mass is 384 g/mol. The number of carboxylic acids is 1. The van der Waals surface area contributed by atoms with Crippen molar-refractivity contribution in [3.8, 4) is 0 Å². The molecule has 0 saturated carbocycles. The molecular formula is C17H24N2O6S. The molecule has 0 spiro atoms. The summed E-state index contributed by atoms with van der Waals surface area (Å²) in [6, 6.07) is 3.88. The standard InChI is InChI=1S/C17H24N2O6S/c1-11-7-9-19(10-8-11)26(24,25)14-5-3-13(4-6-14)16(21)18-15(12(2)20)17(22)23/h3-6,11-12,15,20H,7-10H2,1-2H3,(H,18,21)(H,22,23). The van der Waals surface area contributed by atoms with Crippen LogP contribution in [0.5, 0.6) is 0 Å². The lowest BCUT2D eigenvalue weighted by Gasteiger charge is -2.29. The first-order valence-electron chi connectivity index (χ1n) is 8.45. The average Bonchev–Trinajstić information content (AvgIpc) is 2.59. The molecule has 0 radical (unpaired) electrons. The number of carboxylic acid groups (broad SMARTS) is 1. The number of benzene rings is 1. The fourth-order valence-corrected chi connectivity index (χ4v) is 4.24. The highest BCUT2D eigenvalue weighted by atomic mass is 32.2. The summed E-state index contributed by atoms with van der Waals surface area (Å²) in [7, 11) is -3.61. The van der Waals surface area contributed by atoms with E-state index in [1.165, 1.54) is 35.5 Å². The first-order valence-corrected chi connectivity index (χ1v) is 9.89. The first-order chi connectivity index (χ1) is 12.1. The maximum atomic E-state index is 12.6. The number of aliphatic carboxylic acids is 1. The third-order valence-corrected chi connectivity index (χ3v) is 6.44. The summed E-state index contributed by atoms with van der Waals surface area (Å²) in [5, 5.41) is 20.6. The van der Waals surface area contributed by atoms with Crippen molar-refractivity contribution in [2.75, 3.05) is 13.1 Å². The number of carbonyl (C=O) groups excluding carboxylic acids is 1. The zero-order valence-corrected chi connectivity index (χ0v) is 15.6. The van der Waals surface area contributed by atoms with Crippen LogP contribution in [0.1, 0.15) is 37.0 Å². The molecule has 3 N–H and O–H groups in total. The number of hydrogen-bond donors (Lipinski definition) is 3. The highest BCUT2D eigenvalue weighted by Gasteiger charge is 2.29. The van der Waals surface area contributed by atoms with Crippen LogP contribution in [0.2, 0.25) is 0 Å². The lowest BCUT2D eigenvalue weighted by atomic mass is 10.0. The van der Waals surface area contributed by atoms with Gasteiger partial charge in [-0.1, -0.05) is 6.92 Å². The SMILES string of the molecule is CC1CCN(S(=O)(=O)c2ccc(C(=O)NC(C(=O)O)C(C)O)cc2)CC1. The number of sulfonamides is 1. The zero-order chi connectivity index (χ0) is 19.5. The van der Waals surface area contributed by atoms with E-state index in [4.69, 9.17) is 5.11 Å². The predicted octanol–water partition coefficient (Wildman–Crippen LogP) is 0.671. The van der Waals surface area contributed by atoms with Gasteiger partial charge in [0.2, 0.25) is 10.0 Å². The van der Waals surface area contributed by atoms with Gasteiger partial charge in [0.25, 0.3) is 5.91 Å². The van der Waals surface area contributed by atoms with Crippen molar-refractivity contribution in [2.24, 2.45) is 5.92 Å². The summed E-state index contributed by atoms with van der Waals surface area (Å²) in [5.74, 6) is -1.55. The largest absolute Gasteiger partial charge is 0.480 e. The Kier molecular flexibility index (Phi) is 6.38. The second-order valence-electron chi connectivity index (χ2n) is 6.64. The molecule has 144 valence electrons. The molecule has 0 bridgehead atoms. The van der Waals surface area contributed by atoms with Crippen LogP contribution >= 0.6 is 0 Å². The van der Waals surface area contributed by atoms with Gasteiger partial charge in [0, 0.05) is 18.7 Å². The van der Waals surface area contributed by atoms with Gasteiger partial charge < -0.3 is 15.5 Å². The van der Waals surface area contributed by atoms with Gasteiger partial charge in [0.1, 0.15) is 0 Å². The minimum atomic E-state index is -3.61. The predicted molar refractivity (Wildman–Crippen MR) is 94.2 cm³/mol. The number of carbonyl (C=O) groups is 2. The summed E-state index contributed by atoms with van der Waals surface area (Å²) < 4.78 is 26.7. The van der Waals surface area contributed by atoms with Crippen molar-refractivity contribution in [1.82, 2.24) is 9.62 Å². The minimum Gasteiger partial charge on any atom is -0.480 e. The van der Waals surface area contributed by atoms with E-state index in [9.17, 15) is 23.1 Å². The molecule has 26 heavy (non-hydrogen) atoms. The highest BCUT2D eigenvalue weighted by molar-refractivity contribution is 7.89. The van der Waals surface area contributed by atoms with Crippen LogP contribution in [0.3, 0.4) is 0 Å². The Morgan fingerprint density at radius 2 is 1.73 bits per heavy atom. The average molecular weight is 384 g/mol. The van der Waals surface area contributed by atoms with Crippen molar-refractivity contribution in [1.29, 1.82) is 0 Å². The maximum absolute atomic E-state index is 12.6. The Morgan fingerprint density at radius 1 is 1.19 bits per heavy atom. The third kappa shape index (κ3) is 4.60. The lowest BCUT2D eigenvalue weighted by Crippen LogP contribution is -2.47. The van der Waals surface area contributed by atoms with Gasteiger partial charge in [-0.05, 0) is 49.9 Å². The van der Waals surface area contributed by atoms with E-state index in [0.29, 0.717) is 19.0 Å². The Labute approximate surface area is 152 Å². The summed E-state index contributed by atoms with van der Waals surface area (Å²) in [4.78, 5) is 23.2. The Morgan fingerprint density at radius 3 is 2.19 bits per heavy atom. The van der Waals surface area contributed by atoms with E-state index in [2.05, 4.69) is 12.2 Å². The molecule has 0 aromatic heterocycles. The number of nitrogens with one attached hydrogen (secondary N) is 1. The molecule has 1 aromatic carbocycles. The second-order valence-corrected chi connectivity index (χ2v) is 8.58. The fraction of sp³-hybridized carbons (Fsp3) is 0.529. The number of aliphatic hydroxyl groups excluding tert-OH is 1. The molecule has 9 heteroatoms. The number of rotatable bonds is 6. The molecule has 1 aliphatic rings. The third-order valence-electron chi connectivity index (χ3n) is 4.53. The van der Waals surface area contributed by atoms with E-state index in [1.54, 1.807) is 0 Å². The topological polar surface area (TPSA) is 124 Å². The van der Waals surface area contributed by atoms with Gasteiger partial charge in [-0.2, -0.15) is 4.31 Å². The minimum absolute atomic E-state index is 0.0916. The van der Waals surface area contributed by atoms with Gasteiger partial charge in [0.15, 0.2) is 6.04 Å². The summed E-state index contributed by atoms with van der Waals surface area (Å²) in [6.07, 6.45) is 0.364. The summed E-state index contributed by atoms with van der Waals surface area (Å²) in [5.41, 5.74) is 0.114. The van der Waals surface area contributed by atoms with Crippen LogP contribution in [0, 0.1) is 5.92 Å². The molecule has 1 saturated heterocycles. The Balaban J connectivity index is 2.12. The summed E-state index contributed by atoms with van der Waals surface area (Å²) in [6.45, 7) is 4.30. The van der Waals surface area contributed by atoms with E-state index < -0.39 is 34.0 Å². The van der Waals surface area contributed by atoms with Crippen molar-refractivity contribution >= 4 is 21.9 Å². The normalized spacial score (nSPS) is 18.9. The van der Waals surface area contributed by atoms with E-state index in [0.717, 1.165) is 12.8 Å². The number of piperidine rings is 1. The van der Waals surface area contributed by atoms with E-state index in [-0.39, 0.29) is 10.5 Å². The zero-order valence-electron chi connectivity index (χ0n) is 14.8. The van der Waals surface area contributed by atoms with E-state index >= 15 is 0 Å². The number of aliphatic hydroxyl groups is 1. The molecule has 2 rings (SSSR count). The van der Waals surface area contributed by atoms with Crippen LogP contribution < -0.4 is 5.32 Å². The Hall–Kier alpha value is -1.97. The fourth-order valence-electron chi connectivity index (χ4n) is 2.77. The molecular weight excluding hydrogens is 360 g/mol. The molecule has 1 amide bonds. The van der Waals surface area contributed by atoms with Crippen LogP contribution in [0.25, 0.3) is 0 Å². The molecule has 0 aliphatic carbocycles. The van der Waals surface area contributed by atoms with Crippen LogP contribution in [-0.4, -0.2) is 60.0 Å². The molecule has 1 aliphatic heterocycles. The maximum Gasteiger partial charge on any atom is 0.328 e. The van der Waals surface area contributed by atoms with Crippen molar-refractivity contribution < 1.29 is 28.2 Å². The van der Waals surface area contributed by atoms with Gasteiger partial charge >= 0.3 is 5.97 Å². The van der Waals surface area contributed by atoms with Crippen molar-refractivity contribution in [3.05, 3.63) is 29.8 Å². The molecule has 2 atom stereocenters. The number of amides is 1. The summed E-state index contributed by atoms with van der Waals surface area (Å²) >= 11 is 0. The van der Waals surface area contributed by atoms with E-state index in [1.807, 2.05) is 0 Å². The highest BCUT2D eigenvalue weighted by Crippen LogP contribution is 2.23. The van der Waals surface area contributed by atoms with Gasteiger partial charge in [0.05, 0.1) is 11.0 Å². The van der Waals surface area contributed by atoms with Crippen LogP contribution in [-0.2, 0) is 14.8 Å². The van der Waals surface area contributed by atoms with Gasteiger partial charge in [-0.3, -0.25) is 4.79 Å². The molecule has 2 unspecified atom stereocenters. The smallest absolute Gasteiger partial charge is 0.328 e. The van der Waals surface area contributed by atoms with Gasteiger partial charge in [-0.25, -0.2) is 13.2 Å². The number of hydrogen-bond acceptors (Lipinski definition) is 5. The second kappa shape index (κ2) is 8.15. The quantitative estimate of drug-likeness (QED) is 0.662. The Bertz CT molecular complexity index is 752. The molecule has 8 nitrogen and oxygen atoms in total.